The van der Waals surface area contributed by atoms with Crippen molar-refractivity contribution in [1.82, 2.24) is 5.32 Å². The Labute approximate surface area is 100 Å². The van der Waals surface area contributed by atoms with E-state index < -0.39 is 0 Å². The van der Waals surface area contributed by atoms with Crippen molar-refractivity contribution in [2.45, 2.75) is 24.3 Å². The van der Waals surface area contributed by atoms with Crippen molar-refractivity contribution in [3.63, 3.8) is 0 Å². The first-order chi connectivity index (χ1) is 7.76. The molecule has 0 bridgehead atoms. The van der Waals surface area contributed by atoms with Gasteiger partial charge in [0.15, 0.2) is 0 Å². The number of rotatable bonds is 7. The van der Waals surface area contributed by atoms with Gasteiger partial charge in [0.05, 0.1) is 6.61 Å². The average Bonchev–Trinajstić information content (AvgIpc) is 2.28. The highest BCUT2D eigenvalue weighted by Crippen LogP contribution is 2.19. The molecule has 0 spiro atoms. The van der Waals surface area contributed by atoms with Gasteiger partial charge in [-0.25, -0.2) is 4.39 Å². The molecule has 0 aliphatic heterocycles. The molecule has 1 unspecified atom stereocenters. The Hall–Kier alpha value is -0.580. The molecule has 0 radical (unpaired) electrons. The highest BCUT2D eigenvalue weighted by Gasteiger charge is 2.05. The first-order valence-corrected chi connectivity index (χ1v) is 6.47. The molecular weight excluding hydrogens is 225 g/mol. The maximum absolute atomic E-state index is 12.9. The van der Waals surface area contributed by atoms with Gasteiger partial charge in [-0.1, -0.05) is 13.0 Å². The third-order valence-corrected chi connectivity index (χ3v) is 3.27. The molecule has 0 aliphatic carbocycles. The van der Waals surface area contributed by atoms with Crippen LogP contribution in [0, 0.1) is 5.82 Å². The number of likely N-dealkylation sites (N-methyl/N-ethyl adjacent to an activating group) is 1. The standard InChI is InChI=1S/C12H18FNOS/c1-2-14-11(9-15)6-7-16-12-5-3-4-10(13)8-12/h3-5,8,11,14-15H,2,6-7,9H2,1H3. The Balaban J connectivity index is 2.29. The molecule has 0 amide bonds. The molecule has 0 aromatic heterocycles. The fourth-order valence-corrected chi connectivity index (χ4v) is 2.43. The first kappa shape index (κ1) is 13.5. The minimum Gasteiger partial charge on any atom is -0.395 e. The normalized spacial score (nSPS) is 12.7. The Kier molecular flexibility index (Phi) is 6.45. The van der Waals surface area contributed by atoms with Crippen LogP contribution in [0.25, 0.3) is 0 Å². The highest BCUT2D eigenvalue weighted by molar-refractivity contribution is 7.99. The van der Waals surface area contributed by atoms with Gasteiger partial charge in [-0.2, -0.15) is 0 Å². The van der Waals surface area contributed by atoms with Gasteiger partial charge in [0.2, 0.25) is 0 Å². The van der Waals surface area contributed by atoms with E-state index in [2.05, 4.69) is 5.32 Å². The summed E-state index contributed by atoms with van der Waals surface area (Å²) in [5.74, 6) is 0.678. The molecule has 1 atom stereocenters. The van der Waals surface area contributed by atoms with Crippen LogP contribution in [-0.2, 0) is 0 Å². The maximum atomic E-state index is 12.9. The van der Waals surface area contributed by atoms with Crippen LogP contribution in [0.1, 0.15) is 13.3 Å². The van der Waals surface area contributed by atoms with Gasteiger partial charge in [0.25, 0.3) is 0 Å². The number of hydrogen-bond acceptors (Lipinski definition) is 3. The summed E-state index contributed by atoms with van der Waals surface area (Å²) in [7, 11) is 0. The lowest BCUT2D eigenvalue weighted by molar-refractivity contribution is 0.242. The lowest BCUT2D eigenvalue weighted by Gasteiger charge is -2.14. The summed E-state index contributed by atoms with van der Waals surface area (Å²) in [4.78, 5) is 0.938. The van der Waals surface area contributed by atoms with E-state index in [0.717, 1.165) is 23.6 Å². The van der Waals surface area contributed by atoms with Crippen LogP contribution in [0.2, 0.25) is 0 Å². The predicted molar refractivity (Wildman–Crippen MR) is 66.3 cm³/mol. The van der Waals surface area contributed by atoms with E-state index in [0.29, 0.717) is 0 Å². The second kappa shape index (κ2) is 7.65. The zero-order chi connectivity index (χ0) is 11.8. The minimum atomic E-state index is -0.199. The lowest BCUT2D eigenvalue weighted by Crippen LogP contribution is -2.32. The van der Waals surface area contributed by atoms with Crippen LogP contribution in [0.5, 0.6) is 0 Å². The second-order valence-corrected chi connectivity index (χ2v) is 4.70. The number of benzene rings is 1. The van der Waals surface area contributed by atoms with E-state index in [1.54, 1.807) is 17.8 Å². The largest absolute Gasteiger partial charge is 0.395 e. The van der Waals surface area contributed by atoms with Crippen molar-refractivity contribution in [3.05, 3.63) is 30.1 Å². The average molecular weight is 243 g/mol. The number of halogens is 1. The number of aliphatic hydroxyl groups excluding tert-OH is 1. The van der Waals surface area contributed by atoms with Crippen LogP contribution in [0.15, 0.2) is 29.2 Å². The predicted octanol–water partition coefficient (Wildman–Crippen LogP) is 2.28. The maximum Gasteiger partial charge on any atom is 0.124 e. The lowest BCUT2D eigenvalue weighted by atomic mass is 10.2. The second-order valence-electron chi connectivity index (χ2n) is 3.53. The number of aliphatic hydroxyl groups is 1. The Morgan fingerprint density at radius 2 is 2.31 bits per heavy atom. The van der Waals surface area contributed by atoms with Crippen LogP contribution >= 0.6 is 11.8 Å². The zero-order valence-corrected chi connectivity index (χ0v) is 10.3. The first-order valence-electron chi connectivity index (χ1n) is 5.49. The van der Waals surface area contributed by atoms with Gasteiger partial charge in [0, 0.05) is 10.9 Å². The molecule has 0 fully saturated rings. The summed E-state index contributed by atoms with van der Waals surface area (Å²) in [5, 5.41) is 12.3. The molecule has 0 saturated heterocycles. The molecule has 1 rings (SSSR count). The van der Waals surface area contributed by atoms with Crippen molar-refractivity contribution < 1.29 is 9.50 Å². The zero-order valence-electron chi connectivity index (χ0n) is 9.45. The minimum absolute atomic E-state index is 0.144. The van der Waals surface area contributed by atoms with Crippen molar-refractivity contribution in [2.75, 3.05) is 18.9 Å². The van der Waals surface area contributed by atoms with Gasteiger partial charge in [0.1, 0.15) is 5.82 Å². The molecule has 0 heterocycles. The fourth-order valence-electron chi connectivity index (χ4n) is 1.42. The van der Waals surface area contributed by atoms with E-state index >= 15 is 0 Å². The molecule has 1 aromatic rings. The van der Waals surface area contributed by atoms with E-state index in [-0.39, 0.29) is 18.5 Å². The molecule has 1 aromatic carbocycles. The van der Waals surface area contributed by atoms with E-state index in [9.17, 15) is 4.39 Å². The third kappa shape index (κ3) is 4.96. The molecule has 2 N–H and O–H groups in total. The van der Waals surface area contributed by atoms with Crippen molar-refractivity contribution in [1.29, 1.82) is 0 Å². The molecule has 2 nitrogen and oxygen atoms in total. The third-order valence-electron chi connectivity index (χ3n) is 2.24. The summed E-state index contributed by atoms with van der Waals surface area (Å²) in [6.45, 7) is 3.02. The topological polar surface area (TPSA) is 32.3 Å². The molecule has 16 heavy (non-hydrogen) atoms. The Bertz CT molecular complexity index is 309. The molecule has 0 saturated carbocycles. The van der Waals surface area contributed by atoms with Crippen molar-refractivity contribution >= 4 is 11.8 Å². The Morgan fingerprint density at radius 3 is 2.94 bits per heavy atom. The number of nitrogens with one attached hydrogen (secondary N) is 1. The SMILES string of the molecule is CCNC(CO)CCSc1cccc(F)c1. The molecular formula is C12H18FNOS. The molecule has 90 valence electrons. The van der Waals surface area contributed by atoms with E-state index in [1.807, 2.05) is 13.0 Å². The van der Waals surface area contributed by atoms with Gasteiger partial charge >= 0.3 is 0 Å². The van der Waals surface area contributed by atoms with Crippen LogP contribution in [0.3, 0.4) is 0 Å². The monoisotopic (exact) mass is 243 g/mol. The van der Waals surface area contributed by atoms with Gasteiger partial charge in [-0.05, 0) is 36.9 Å². The van der Waals surface area contributed by atoms with Gasteiger partial charge in [-0.3, -0.25) is 0 Å². The Morgan fingerprint density at radius 1 is 1.50 bits per heavy atom. The van der Waals surface area contributed by atoms with Crippen LogP contribution < -0.4 is 5.32 Å². The molecule has 0 aliphatic rings. The van der Waals surface area contributed by atoms with Crippen molar-refractivity contribution in [2.24, 2.45) is 0 Å². The number of thioether (sulfide) groups is 1. The van der Waals surface area contributed by atoms with Crippen molar-refractivity contribution in [3.8, 4) is 0 Å². The van der Waals surface area contributed by atoms with Crippen LogP contribution in [0.4, 0.5) is 4.39 Å². The smallest absolute Gasteiger partial charge is 0.124 e. The van der Waals surface area contributed by atoms with Gasteiger partial charge < -0.3 is 10.4 Å². The van der Waals surface area contributed by atoms with E-state index in [1.165, 1.54) is 12.1 Å². The van der Waals surface area contributed by atoms with Crippen LogP contribution in [-0.4, -0.2) is 30.1 Å². The summed E-state index contributed by atoms with van der Waals surface area (Å²) >= 11 is 1.61. The quantitative estimate of drug-likeness (QED) is 0.721. The summed E-state index contributed by atoms with van der Waals surface area (Å²) < 4.78 is 12.9. The summed E-state index contributed by atoms with van der Waals surface area (Å²) in [5.41, 5.74) is 0. The molecule has 4 heteroatoms. The summed E-state index contributed by atoms with van der Waals surface area (Å²) in [6.07, 6.45) is 0.880. The summed E-state index contributed by atoms with van der Waals surface area (Å²) in [6, 6.07) is 6.73. The fraction of sp³-hybridized carbons (Fsp3) is 0.500. The highest BCUT2D eigenvalue weighted by atomic mass is 32.2. The number of hydrogen-bond donors (Lipinski definition) is 2. The van der Waals surface area contributed by atoms with Gasteiger partial charge in [-0.15, -0.1) is 11.8 Å². The van der Waals surface area contributed by atoms with E-state index in [4.69, 9.17) is 5.11 Å².